The number of carboxylic acid groups (broad SMARTS) is 1. The van der Waals surface area contributed by atoms with Gasteiger partial charge in [0, 0.05) is 6.54 Å². The second kappa shape index (κ2) is 16.5. The van der Waals surface area contributed by atoms with Crippen molar-refractivity contribution in [3.8, 4) is 11.1 Å². The molecule has 5 N–H and O–H groups in total. The molecule has 4 atom stereocenters. The minimum atomic E-state index is -1.02. The highest BCUT2D eigenvalue weighted by Gasteiger charge is 2.31. The molecule has 1 saturated heterocycles. The fourth-order valence-corrected chi connectivity index (χ4v) is 4.50. The third-order valence-electron chi connectivity index (χ3n) is 6.87. The van der Waals surface area contributed by atoms with Gasteiger partial charge in [0.2, 0.25) is 12.3 Å². The summed E-state index contributed by atoms with van der Waals surface area (Å²) in [6, 6.07) is 14.4. The van der Waals surface area contributed by atoms with Gasteiger partial charge in [-0.05, 0) is 67.3 Å². The number of aryl methyl sites for hydroxylation is 1. The molecule has 4 unspecified atom stereocenters. The molecule has 0 bridgehead atoms. The van der Waals surface area contributed by atoms with Gasteiger partial charge in [-0.3, -0.25) is 24.2 Å². The number of carbonyl (C=O) groups is 4. The molecule has 0 aromatic heterocycles. The van der Waals surface area contributed by atoms with Crippen molar-refractivity contribution in [1.82, 2.24) is 21.1 Å². The first-order valence-corrected chi connectivity index (χ1v) is 14.2. The Balaban J connectivity index is 0.000000295. The van der Waals surface area contributed by atoms with E-state index < -0.39 is 42.0 Å². The first-order chi connectivity index (χ1) is 19.5. The van der Waals surface area contributed by atoms with E-state index in [1.807, 2.05) is 12.1 Å². The lowest BCUT2D eigenvalue weighted by Crippen LogP contribution is -2.60. The second-order valence-corrected chi connectivity index (χ2v) is 10.6. The van der Waals surface area contributed by atoms with Crippen molar-refractivity contribution in [3.05, 3.63) is 59.7 Å². The molecule has 0 radical (unpaired) electrons. The largest absolute Gasteiger partial charge is 0.480 e. The molecule has 41 heavy (non-hydrogen) atoms. The topological polar surface area (TPSA) is 148 Å². The Morgan fingerprint density at radius 2 is 1.76 bits per heavy atom. The molecule has 1 heterocycles. The maximum absolute atomic E-state index is 12.3. The number of hydrogen-bond donors (Lipinski definition) is 5. The molecular weight excluding hydrogens is 524 g/mol. The summed E-state index contributed by atoms with van der Waals surface area (Å²) in [5, 5.41) is 24.8. The quantitative estimate of drug-likeness (QED) is 0.262. The van der Waals surface area contributed by atoms with Crippen LogP contribution in [0.1, 0.15) is 71.1 Å². The zero-order valence-electron chi connectivity index (χ0n) is 24.6. The van der Waals surface area contributed by atoms with E-state index in [-0.39, 0.29) is 5.92 Å². The van der Waals surface area contributed by atoms with Gasteiger partial charge in [-0.25, -0.2) is 5.43 Å². The number of carbonyl (C=O) groups excluding carboxylic acids is 3. The second-order valence-electron chi connectivity index (χ2n) is 10.6. The summed E-state index contributed by atoms with van der Waals surface area (Å²) in [5.41, 5.74) is 7.36. The molecule has 1 aliphatic rings. The number of carboxylic acids is 1. The van der Waals surface area contributed by atoms with Gasteiger partial charge in [0.05, 0.1) is 6.10 Å². The summed E-state index contributed by atoms with van der Waals surface area (Å²) < 4.78 is 0. The van der Waals surface area contributed by atoms with Gasteiger partial charge >= 0.3 is 5.97 Å². The Kier molecular flexibility index (Phi) is 13.5. The van der Waals surface area contributed by atoms with Crippen molar-refractivity contribution in [2.75, 3.05) is 6.54 Å². The summed E-state index contributed by atoms with van der Waals surface area (Å²) in [6.45, 7) is 9.44. The number of rotatable bonds is 11. The van der Waals surface area contributed by atoms with E-state index >= 15 is 0 Å². The maximum Gasteiger partial charge on any atom is 0.322 e. The lowest BCUT2D eigenvalue weighted by atomic mass is 9.99. The van der Waals surface area contributed by atoms with Crippen LogP contribution in [0.3, 0.4) is 0 Å². The maximum atomic E-state index is 12.3. The molecule has 0 aliphatic carbocycles. The summed E-state index contributed by atoms with van der Waals surface area (Å²) in [7, 11) is 0. The van der Waals surface area contributed by atoms with Crippen molar-refractivity contribution in [2.45, 2.75) is 84.5 Å². The van der Waals surface area contributed by atoms with Gasteiger partial charge in [-0.1, -0.05) is 69.7 Å². The number of hydrogen-bond acceptors (Lipinski definition) is 6. The smallest absolute Gasteiger partial charge is 0.322 e. The van der Waals surface area contributed by atoms with Crippen molar-refractivity contribution in [2.24, 2.45) is 5.92 Å². The number of hydrazine groups is 1. The van der Waals surface area contributed by atoms with Crippen LogP contribution in [0.5, 0.6) is 0 Å². The van der Waals surface area contributed by atoms with E-state index in [4.69, 9.17) is 5.11 Å². The number of aliphatic carboxylic acids is 1. The van der Waals surface area contributed by atoms with E-state index in [1.54, 1.807) is 20.8 Å². The van der Waals surface area contributed by atoms with Crippen LogP contribution in [0.4, 0.5) is 0 Å². The minimum Gasteiger partial charge on any atom is -0.480 e. The predicted molar refractivity (Wildman–Crippen MR) is 157 cm³/mol. The summed E-state index contributed by atoms with van der Waals surface area (Å²) >= 11 is 0. The van der Waals surface area contributed by atoms with Crippen LogP contribution < -0.4 is 16.1 Å². The van der Waals surface area contributed by atoms with Crippen LogP contribution in [0.25, 0.3) is 11.1 Å². The Morgan fingerprint density at radius 1 is 1.07 bits per heavy atom. The van der Waals surface area contributed by atoms with Crippen molar-refractivity contribution < 1.29 is 29.4 Å². The van der Waals surface area contributed by atoms with Gasteiger partial charge in [-0.2, -0.15) is 0 Å². The fraction of sp³-hybridized carbons (Fsp3) is 0.484. The number of aliphatic hydroxyl groups is 1. The standard InChI is InChI=1S/C17H20O.C14H24N4O5/c1-3-5-14-8-10-15(11-9-14)17-7-4-6-16(12-17)13(2)18;1-8(2)11(15-7-19)12(20)16-9(3)13(21)18-6-4-5-10(17-18)14(22)23/h4,6-13,18H,3,5H2,1-2H3;7-11,17H,4-6H2,1-3H3,(H,15,19)(H,16,20)(H,22,23). The number of amides is 3. The third kappa shape index (κ3) is 10.3. The highest BCUT2D eigenvalue weighted by atomic mass is 16.4. The number of benzene rings is 2. The van der Waals surface area contributed by atoms with Crippen LogP contribution in [0.15, 0.2) is 48.5 Å². The average molecular weight is 569 g/mol. The summed E-state index contributed by atoms with van der Waals surface area (Å²) in [4.78, 5) is 46.0. The monoisotopic (exact) mass is 568 g/mol. The van der Waals surface area contributed by atoms with Gasteiger partial charge in [-0.15, -0.1) is 0 Å². The molecule has 0 saturated carbocycles. The minimum absolute atomic E-state index is 0.132. The third-order valence-corrected chi connectivity index (χ3v) is 6.87. The van der Waals surface area contributed by atoms with Gasteiger partial charge in [0.15, 0.2) is 0 Å². The Labute approximate surface area is 242 Å². The zero-order valence-corrected chi connectivity index (χ0v) is 24.6. The van der Waals surface area contributed by atoms with Crippen LogP contribution in [-0.4, -0.2) is 64.1 Å². The number of nitrogens with one attached hydrogen (secondary N) is 3. The predicted octanol–water partition coefficient (Wildman–Crippen LogP) is 3.20. The van der Waals surface area contributed by atoms with Crippen LogP contribution in [0.2, 0.25) is 0 Å². The van der Waals surface area contributed by atoms with Gasteiger partial charge < -0.3 is 20.8 Å². The van der Waals surface area contributed by atoms with Crippen LogP contribution in [0, 0.1) is 5.92 Å². The van der Waals surface area contributed by atoms with E-state index in [9.17, 15) is 24.3 Å². The average Bonchev–Trinajstić information content (AvgIpc) is 2.96. The highest BCUT2D eigenvalue weighted by Crippen LogP contribution is 2.24. The molecule has 0 spiro atoms. The Morgan fingerprint density at radius 3 is 2.32 bits per heavy atom. The lowest BCUT2D eigenvalue weighted by molar-refractivity contribution is -0.148. The van der Waals surface area contributed by atoms with Crippen LogP contribution in [-0.2, 0) is 25.6 Å². The van der Waals surface area contributed by atoms with Crippen LogP contribution >= 0.6 is 0 Å². The fourth-order valence-electron chi connectivity index (χ4n) is 4.50. The molecular formula is C31H44N4O6. The van der Waals surface area contributed by atoms with E-state index in [1.165, 1.54) is 29.5 Å². The van der Waals surface area contributed by atoms with E-state index in [0.29, 0.717) is 25.8 Å². The number of aliphatic hydroxyl groups excluding tert-OH is 1. The molecule has 10 nitrogen and oxygen atoms in total. The molecule has 3 amide bonds. The Hall–Kier alpha value is -3.76. The molecule has 224 valence electrons. The number of nitrogens with zero attached hydrogens (tertiary/aromatic N) is 1. The SMILES string of the molecule is CC(NC(=O)C(NC=O)C(C)C)C(=O)N1CCCC(C(=O)O)N1.CCCc1ccc(-c2cccc(C(C)O)c2)cc1. The lowest BCUT2D eigenvalue weighted by Gasteiger charge is -2.34. The van der Waals surface area contributed by atoms with E-state index in [2.05, 4.69) is 59.4 Å². The normalized spacial score (nSPS) is 17.0. The van der Waals surface area contributed by atoms with E-state index in [0.717, 1.165) is 17.5 Å². The van der Waals surface area contributed by atoms with Gasteiger partial charge in [0.25, 0.3) is 5.91 Å². The first-order valence-electron chi connectivity index (χ1n) is 14.2. The van der Waals surface area contributed by atoms with Crippen molar-refractivity contribution in [3.63, 3.8) is 0 Å². The molecule has 2 aromatic carbocycles. The summed E-state index contributed by atoms with van der Waals surface area (Å²) in [6.07, 6.45) is 3.35. The molecule has 1 fully saturated rings. The zero-order chi connectivity index (χ0) is 30.5. The van der Waals surface area contributed by atoms with Gasteiger partial charge in [0.1, 0.15) is 18.1 Å². The van der Waals surface area contributed by atoms with Crippen molar-refractivity contribution >= 4 is 24.2 Å². The first kappa shape index (κ1) is 33.4. The molecule has 1 aliphatic heterocycles. The Bertz CT molecular complexity index is 1150. The molecule has 2 aromatic rings. The molecule has 3 rings (SSSR count). The highest BCUT2D eigenvalue weighted by molar-refractivity contribution is 5.90. The summed E-state index contributed by atoms with van der Waals surface area (Å²) in [5.74, 6) is -2.03. The molecule has 10 heteroatoms. The van der Waals surface area contributed by atoms with Crippen molar-refractivity contribution in [1.29, 1.82) is 0 Å².